The van der Waals surface area contributed by atoms with Crippen LogP contribution in [0.25, 0.3) is 0 Å². The van der Waals surface area contributed by atoms with Crippen molar-refractivity contribution in [3.63, 3.8) is 0 Å². The summed E-state index contributed by atoms with van der Waals surface area (Å²) < 4.78 is 35.5. The number of esters is 1. The van der Waals surface area contributed by atoms with Gasteiger partial charge in [-0.25, -0.2) is 4.57 Å². The first-order chi connectivity index (χ1) is 26.6. The highest BCUT2D eigenvalue weighted by atomic mass is 31.2. The lowest BCUT2D eigenvalue weighted by atomic mass is 9.20. The van der Waals surface area contributed by atoms with E-state index in [0.29, 0.717) is 24.1 Å². The number of hydrogen-bond acceptors (Lipinski definition) is 6. The first-order valence-electron chi connectivity index (χ1n) is 23.8. The van der Waals surface area contributed by atoms with Crippen molar-refractivity contribution in [3.8, 4) is 0 Å². The van der Waals surface area contributed by atoms with Gasteiger partial charge in [0, 0.05) is 13.0 Å². The second-order valence-electron chi connectivity index (χ2n) is 21.8. The zero-order valence-corrected chi connectivity index (χ0v) is 35.7. The van der Waals surface area contributed by atoms with Crippen LogP contribution in [0.4, 0.5) is 0 Å². The van der Waals surface area contributed by atoms with Crippen LogP contribution in [0.1, 0.15) is 128 Å². The molecule has 8 nitrogen and oxygen atoms in total. The lowest BCUT2D eigenvalue weighted by Crippen LogP contribution is -2.80. The zero-order chi connectivity index (χ0) is 37.9. The van der Waals surface area contributed by atoms with Gasteiger partial charge >= 0.3 is 13.8 Å². The summed E-state index contributed by atoms with van der Waals surface area (Å²) in [4.78, 5) is 23.0. The molecule has 0 radical (unpaired) electrons. The maximum Gasteiger partial charge on any atom is 0.472 e. The van der Waals surface area contributed by atoms with Crippen molar-refractivity contribution in [1.82, 2.24) is 0 Å². The number of quaternary nitrogens is 1. The van der Waals surface area contributed by atoms with Gasteiger partial charge in [-0.15, -0.1) is 0 Å². The molecule has 0 aliphatic heterocycles. The van der Waals surface area contributed by atoms with Gasteiger partial charge in [-0.2, -0.15) is 0 Å². The van der Waals surface area contributed by atoms with E-state index in [1.165, 1.54) is 77.0 Å². The van der Waals surface area contributed by atoms with Crippen LogP contribution in [-0.2, 0) is 27.9 Å². The molecule has 9 aliphatic rings. The number of unbranched alkanes of at least 4 members (excludes halogenated alkanes) is 7. The summed E-state index contributed by atoms with van der Waals surface area (Å²) in [5.41, 5.74) is 0. The van der Waals surface area contributed by atoms with Gasteiger partial charge in [0.1, 0.15) is 25.9 Å². The van der Waals surface area contributed by atoms with Crippen LogP contribution in [-0.4, -0.2) is 75.6 Å². The summed E-state index contributed by atoms with van der Waals surface area (Å²) in [6.45, 7) is 1.10. The van der Waals surface area contributed by atoms with Gasteiger partial charge in [-0.1, -0.05) is 64.2 Å². The van der Waals surface area contributed by atoms with E-state index >= 15 is 0 Å². The zero-order valence-electron chi connectivity index (χ0n) is 34.8. The van der Waals surface area contributed by atoms with Gasteiger partial charge in [-0.3, -0.25) is 13.8 Å². The van der Waals surface area contributed by atoms with Crippen molar-refractivity contribution in [2.24, 2.45) is 94.7 Å². The van der Waals surface area contributed by atoms with Crippen molar-refractivity contribution in [1.29, 1.82) is 0 Å². The van der Waals surface area contributed by atoms with Crippen molar-refractivity contribution >= 4 is 13.8 Å². The first-order valence-corrected chi connectivity index (χ1v) is 25.3. The lowest BCUT2D eigenvalue weighted by molar-refractivity contribution is -0.870. The molecule has 0 aromatic carbocycles. The van der Waals surface area contributed by atoms with E-state index in [9.17, 15) is 14.3 Å². The quantitative estimate of drug-likeness (QED) is 0.0324. The van der Waals surface area contributed by atoms with Crippen molar-refractivity contribution < 1.29 is 37.3 Å². The molecule has 0 amide bonds. The number of carbonyl (C=O) groups is 1. The van der Waals surface area contributed by atoms with E-state index < -0.39 is 13.9 Å². The van der Waals surface area contributed by atoms with Crippen LogP contribution in [0, 0.1) is 94.7 Å². The molecule has 9 rings (SSSR count). The molecule has 312 valence electrons. The van der Waals surface area contributed by atoms with Gasteiger partial charge < -0.3 is 18.9 Å². The summed E-state index contributed by atoms with van der Waals surface area (Å²) in [7, 11) is 1.77. The summed E-state index contributed by atoms with van der Waals surface area (Å²) in [6, 6.07) is 0. The number of carbonyl (C=O) groups excluding carboxylic acids is 1. The Morgan fingerprint density at radius 2 is 1.22 bits per heavy atom. The van der Waals surface area contributed by atoms with Crippen molar-refractivity contribution in [2.75, 3.05) is 54.1 Å². The van der Waals surface area contributed by atoms with E-state index in [-0.39, 0.29) is 25.8 Å². The van der Waals surface area contributed by atoms with Crippen LogP contribution < -0.4 is 0 Å². The molecule has 55 heavy (non-hydrogen) atoms. The molecule has 9 saturated carbocycles. The fraction of sp³-hybridized carbons (Fsp3) is 0.978. The Morgan fingerprint density at radius 1 is 0.618 bits per heavy atom. The number of hydrogen-bond donors (Lipinski definition) is 1. The average Bonchev–Trinajstić information content (AvgIpc) is 3.10. The average molecular weight is 787 g/mol. The molecule has 1 N–H and O–H groups in total. The maximum atomic E-state index is 12.7. The number of fused-ring (bicyclic) bond motifs is 17. The summed E-state index contributed by atoms with van der Waals surface area (Å²) in [5, 5.41) is 0. The topological polar surface area (TPSA) is 91.3 Å². The Balaban J connectivity index is 0.620. The fourth-order valence-electron chi connectivity index (χ4n) is 15.4. The molecule has 18 atom stereocenters. The molecular formula is C46H77NO7P+. The molecule has 0 aromatic heterocycles. The van der Waals surface area contributed by atoms with E-state index in [1.54, 1.807) is 19.3 Å². The minimum absolute atomic E-state index is 0.0286. The number of rotatable bonds is 25. The molecule has 0 bridgehead atoms. The second kappa shape index (κ2) is 16.5. The highest BCUT2D eigenvalue weighted by Crippen LogP contribution is 2.84. The Bertz CT molecular complexity index is 1370. The van der Waals surface area contributed by atoms with Gasteiger partial charge in [-0.05, 0) is 152 Å². The molecule has 9 aliphatic carbocycles. The highest BCUT2D eigenvalue weighted by Gasteiger charge is 2.79. The largest absolute Gasteiger partial charge is 0.472 e. The molecule has 9 heteroatoms. The third-order valence-electron chi connectivity index (χ3n) is 18.3. The Kier molecular flexibility index (Phi) is 12.0. The van der Waals surface area contributed by atoms with E-state index in [0.717, 1.165) is 120 Å². The van der Waals surface area contributed by atoms with E-state index in [4.69, 9.17) is 18.5 Å². The SMILES string of the molecule is C[N+](C)(C)CCOP(=O)(O)OC[C@@H](COC(=O)CCCCCC1CC2C1C1C3C4CCC4C3C21)OCCCCCCCCC1CCC2C(C1)C1C3CCC3C21. The smallest absolute Gasteiger partial charge is 0.463 e. The number of phosphoric ester groups is 1. The molecule has 0 aromatic rings. The third kappa shape index (κ3) is 7.96. The van der Waals surface area contributed by atoms with E-state index in [1.807, 2.05) is 21.1 Å². The summed E-state index contributed by atoms with van der Waals surface area (Å²) in [5.74, 6) is 17.5. The maximum absolute atomic E-state index is 12.7. The van der Waals surface area contributed by atoms with Crippen LogP contribution in [0.2, 0.25) is 0 Å². The third-order valence-corrected chi connectivity index (χ3v) is 19.2. The normalized spacial score (nSPS) is 43.6. The first kappa shape index (κ1) is 39.9. The van der Waals surface area contributed by atoms with Crippen molar-refractivity contribution in [3.05, 3.63) is 0 Å². The number of phosphoric acid groups is 1. The minimum Gasteiger partial charge on any atom is -0.463 e. The van der Waals surface area contributed by atoms with E-state index in [2.05, 4.69) is 0 Å². The number of ether oxygens (including phenoxy) is 2. The van der Waals surface area contributed by atoms with Gasteiger partial charge in [0.25, 0.3) is 0 Å². The molecule has 0 saturated heterocycles. The molecule has 17 unspecified atom stereocenters. The van der Waals surface area contributed by atoms with Gasteiger partial charge in [0.05, 0.1) is 27.7 Å². The molecular weight excluding hydrogens is 709 g/mol. The molecule has 0 spiro atoms. The predicted molar refractivity (Wildman–Crippen MR) is 214 cm³/mol. The Labute approximate surface area is 333 Å². The van der Waals surface area contributed by atoms with Crippen LogP contribution in [0.5, 0.6) is 0 Å². The summed E-state index contributed by atoms with van der Waals surface area (Å²) >= 11 is 0. The number of nitrogens with zero attached hydrogens (tertiary/aromatic N) is 1. The summed E-state index contributed by atoms with van der Waals surface area (Å²) in [6.07, 6.45) is 25.2. The monoisotopic (exact) mass is 787 g/mol. The van der Waals surface area contributed by atoms with Crippen LogP contribution >= 0.6 is 7.82 Å². The second-order valence-corrected chi connectivity index (χ2v) is 23.3. The van der Waals surface area contributed by atoms with Crippen LogP contribution in [0.15, 0.2) is 0 Å². The van der Waals surface area contributed by atoms with Gasteiger partial charge in [0.15, 0.2) is 0 Å². The minimum atomic E-state index is -4.24. The highest BCUT2D eigenvalue weighted by molar-refractivity contribution is 7.47. The standard InChI is InChI=1S/C46H76NO7P/c1-47(2,3)22-24-53-55(49,50)54-28-31(51-23-12-7-5-4-6-9-13-29-16-17-36-37(25-29)42-33-19-18-32(33)41(36)42)27-52-39(48)15-11-8-10-14-30-26-38-40(30)46-44-35-21-20-34(35)43(44)45(38)46/h29-38,40-46H,4-28H2,1-3H3/p+1/t29?,30?,31-,32?,33?,34?,35?,36?,37?,38?,40?,41?,42?,43?,44?,45?,46?/m1/s1. The Hall–Kier alpha value is -0.500. The van der Waals surface area contributed by atoms with Crippen LogP contribution in [0.3, 0.4) is 0 Å². The van der Waals surface area contributed by atoms with Gasteiger partial charge in [0.2, 0.25) is 0 Å². The lowest BCUT2D eigenvalue weighted by Gasteiger charge is -2.85. The van der Waals surface area contributed by atoms with Crippen molar-refractivity contribution in [2.45, 2.75) is 135 Å². The predicted octanol–water partition coefficient (Wildman–Crippen LogP) is 9.54. The number of likely N-dealkylation sites (N-methyl/N-ethyl adjacent to an activating group) is 1. The molecule has 9 fully saturated rings. The fourth-order valence-corrected chi connectivity index (χ4v) is 16.1. The molecule has 0 heterocycles. The Morgan fingerprint density at radius 3 is 1.96 bits per heavy atom.